The van der Waals surface area contributed by atoms with Gasteiger partial charge in [0.15, 0.2) is 5.16 Å². The van der Waals surface area contributed by atoms with Crippen molar-refractivity contribution in [3.05, 3.63) is 11.8 Å². The highest BCUT2D eigenvalue weighted by Crippen LogP contribution is 2.51. The number of rotatable bonds is 2. The molecule has 3 aliphatic carbocycles. The van der Waals surface area contributed by atoms with Crippen molar-refractivity contribution in [3.8, 4) is 0 Å². The number of amides is 2. The van der Waals surface area contributed by atoms with E-state index in [1.54, 1.807) is 4.90 Å². The smallest absolute Gasteiger partial charge is 0.317 e. The molecule has 0 radical (unpaired) electrons. The van der Waals surface area contributed by atoms with Gasteiger partial charge in [-0.15, -0.1) is 0 Å². The van der Waals surface area contributed by atoms with Gasteiger partial charge in [-0.3, -0.25) is 4.90 Å². The lowest BCUT2D eigenvalue weighted by atomic mass is 9.84. The quantitative estimate of drug-likeness (QED) is 0.620. The third kappa shape index (κ3) is 1.67. The summed E-state index contributed by atoms with van der Waals surface area (Å²) in [4.78, 5) is 25.2. The minimum Gasteiger partial charge on any atom is -0.317 e. The number of hydrogen-bond donors (Lipinski definition) is 0. The second-order valence-electron chi connectivity index (χ2n) is 6.08. The van der Waals surface area contributed by atoms with Crippen molar-refractivity contribution in [3.63, 3.8) is 0 Å². The van der Waals surface area contributed by atoms with Gasteiger partial charge in [-0.2, -0.15) is 0 Å². The van der Waals surface area contributed by atoms with Gasteiger partial charge in [-0.05, 0) is 37.4 Å². The van der Waals surface area contributed by atoms with E-state index in [2.05, 4.69) is 9.97 Å². The number of hydrogen-bond acceptors (Lipinski definition) is 4. The Labute approximate surface area is 122 Å². The number of aromatic nitrogens is 2. The third-order valence-corrected chi connectivity index (χ3v) is 5.55. The van der Waals surface area contributed by atoms with E-state index in [9.17, 15) is 4.79 Å². The second kappa shape index (κ2) is 4.35. The van der Waals surface area contributed by atoms with Crippen molar-refractivity contribution in [1.82, 2.24) is 14.9 Å². The molecule has 1 aliphatic heterocycles. The molecular weight excluding hydrogens is 272 g/mol. The van der Waals surface area contributed by atoms with Gasteiger partial charge in [0.2, 0.25) is 0 Å². The topological polar surface area (TPSA) is 49.3 Å². The molecule has 0 saturated heterocycles. The third-order valence-electron chi connectivity index (χ3n) is 4.98. The summed E-state index contributed by atoms with van der Waals surface area (Å²) < 4.78 is 0. The first-order chi connectivity index (χ1) is 9.67. The molecule has 1 aromatic rings. The van der Waals surface area contributed by atoms with Crippen LogP contribution in [0.4, 0.5) is 10.6 Å². The van der Waals surface area contributed by atoms with Crippen LogP contribution in [0.15, 0.2) is 11.4 Å². The zero-order chi connectivity index (χ0) is 13.9. The molecule has 3 saturated carbocycles. The van der Waals surface area contributed by atoms with E-state index in [1.165, 1.54) is 31.0 Å². The highest BCUT2D eigenvalue weighted by Gasteiger charge is 2.49. The van der Waals surface area contributed by atoms with Gasteiger partial charge < -0.3 is 4.90 Å². The Morgan fingerprint density at radius 3 is 2.80 bits per heavy atom. The van der Waals surface area contributed by atoms with E-state index in [-0.39, 0.29) is 6.03 Å². The maximum absolute atomic E-state index is 12.6. The second-order valence-corrected chi connectivity index (χ2v) is 6.85. The molecule has 4 aliphatic rings. The zero-order valence-corrected chi connectivity index (χ0v) is 12.6. The zero-order valence-electron chi connectivity index (χ0n) is 11.7. The Bertz CT molecular complexity index is 572. The van der Waals surface area contributed by atoms with Gasteiger partial charge in [0.05, 0.1) is 6.54 Å². The Balaban J connectivity index is 1.67. The van der Waals surface area contributed by atoms with Gasteiger partial charge in [-0.25, -0.2) is 14.8 Å². The number of carbonyl (C=O) groups excluding carboxylic acids is 1. The highest BCUT2D eigenvalue weighted by molar-refractivity contribution is 7.98. The summed E-state index contributed by atoms with van der Waals surface area (Å²) in [5.41, 5.74) is 1.06. The van der Waals surface area contributed by atoms with Crippen LogP contribution in [0.1, 0.15) is 24.8 Å². The van der Waals surface area contributed by atoms with Gasteiger partial charge in [0, 0.05) is 24.8 Å². The van der Waals surface area contributed by atoms with Crippen molar-refractivity contribution < 1.29 is 4.79 Å². The maximum atomic E-state index is 12.6. The molecular formula is C14H18N4OS. The minimum atomic E-state index is 0.0980. The molecule has 2 amide bonds. The van der Waals surface area contributed by atoms with E-state index in [4.69, 9.17) is 0 Å². The Hall–Kier alpha value is -1.30. The summed E-state index contributed by atoms with van der Waals surface area (Å²) in [5.74, 6) is 2.36. The van der Waals surface area contributed by atoms with Gasteiger partial charge in [-0.1, -0.05) is 11.8 Å². The molecule has 0 spiro atoms. The fourth-order valence-electron chi connectivity index (χ4n) is 3.89. The summed E-state index contributed by atoms with van der Waals surface area (Å²) in [6.07, 6.45) is 7.64. The minimum absolute atomic E-state index is 0.0980. The molecule has 0 aromatic carbocycles. The summed E-state index contributed by atoms with van der Waals surface area (Å²) in [7, 11) is 1.82. The average Bonchev–Trinajstić information content (AvgIpc) is 3.02. The number of nitrogens with zero attached hydrogens (tertiary/aromatic N) is 4. The predicted octanol–water partition coefficient (Wildman–Crippen LogP) is 2.37. The van der Waals surface area contributed by atoms with Crippen molar-refractivity contribution in [2.24, 2.45) is 11.8 Å². The van der Waals surface area contributed by atoms with E-state index in [0.717, 1.165) is 28.4 Å². The van der Waals surface area contributed by atoms with Crippen LogP contribution in [0.3, 0.4) is 0 Å². The van der Waals surface area contributed by atoms with Crippen molar-refractivity contribution in [2.45, 2.75) is 37.0 Å². The van der Waals surface area contributed by atoms with E-state index >= 15 is 0 Å². The summed E-state index contributed by atoms with van der Waals surface area (Å²) in [5, 5.41) is 0.722. The summed E-state index contributed by atoms with van der Waals surface area (Å²) in [6.45, 7) is 0.668. The van der Waals surface area contributed by atoms with Crippen LogP contribution in [0.5, 0.6) is 0 Å². The fourth-order valence-corrected chi connectivity index (χ4v) is 4.22. The van der Waals surface area contributed by atoms with Gasteiger partial charge in [0.1, 0.15) is 5.82 Å². The van der Waals surface area contributed by atoms with Crippen LogP contribution in [-0.2, 0) is 6.54 Å². The van der Waals surface area contributed by atoms with Crippen LogP contribution in [0.25, 0.3) is 0 Å². The van der Waals surface area contributed by atoms with Crippen LogP contribution in [0.2, 0.25) is 0 Å². The van der Waals surface area contributed by atoms with Gasteiger partial charge in [0.25, 0.3) is 0 Å². The van der Waals surface area contributed by atoms with Crippen LogP contribution in [-0.4, -0.2) is 40.2 Å². The molecule has 6 heteroatoms. The van der Waals surface area contributed by atoms with Crippen LogP contribution >= 0.6 is 11.8 Å². The number of carbonyl (C=O) groups is 1. The lowest BCUT2D eigenvalue weighted by molar-refractivity contribution is 0.154. The number of urea groups is 1. The predicted molar refractivity (Wildman–Crippen MR) is 77.8 cm³/mol. The molecule has 1 atom stereocenters. The van der Waals surface area contributed by atoms with E-state index in [1.807, 2.05) is 24.4 Å². The molecule has 106 valence electrons. The van der Waals surface area contributed by atoms with Crippen LogP contribution < -0.4 is 4.90 Å². The number of fused-ring (bicyclic) bond motifs is 2. The lowest BCUT2D eigenvalue weighted by Gasteiger charge is -2.39. The first-order valence-electron chi connectivity index (χ1n) is 7.11. The maximum Gasteiger partial charge on any atom is 0.325 e. The standard InChI is InChI=1S/C14H18N4OS/c1-17-12-10(6-15-13(16-12)20-2)7-18(14(17)19)11-5-8-3-9(11)4-8/h6,8-9,11H,3-5,7H2,1-2H3. The number of thioether (sulfide) groups is 1. The molecule has 5 rings (SSSR count). The molecule has 1 unspecified atom stereocenters. The largest absolute Gasteiger partial charge is 0.325 e. The fraction of sp³-hybridized carbons (Fsp3) is 0.643. The van der Waals surface area contributed by atoms with Crippen molar-refractivity contribution >= 4 is 23.6 Å². The van der Waals surface area contributed by atoms with E-state index < -0.39 is 0 Å². The Kier molecular flexibility index (Phi) is 2.70. The lowest BCUT2D eigenvalue weighted by Crippen LogP contribution is -2.50. The molecule has 1 aromatic heterocycles. The summed E-state index contributed by atoms with van der Waals surface area (Å²) in [6, 6.07) is 0.532. The van der Waals surface area contributed by atoms with E-state index in [0.29, 0.717) is 12.6 Å². The molecule has 20 heavy (non-hydrogen) atoms. The molecule has 3 fully saturated rings. The van der Waals surface area contributed by atoms with Crippen molar-refractivity contribution in [2.75, 3.05) is 18.2 Å². The Morgan fingerprint density at radius 2 is 2.15 bits per heavy atom. The first-order valence-corrected chi connectivity index (χ1v) is 8.34. The Morgan fingerprint density at radius 1 is 1.35 bits per heavy atom. The highest BCUT2D eigenvalue weighted by atomic mass is 32.2. The normalized spacial score (nSPS) is 31.3. The van der Waals surface area contributed by atoms with Crippen molar-refractivity contribution in [1.29, 1.82) is 0 Å². The summed E-state index contributed by atoms with van der Waals surface area (Å²) >= 11 is 1.50. The monoisotopic (exact) mass is 290 g/mol. The first kappa shape index (κ1) is 12.4. The van der Waals surface area contributed by atoms with Crippen LogP contribution in [0, 0.1) is 11.8 Å². The molecule has 2 bridgehead atoms. The molecule has 0 N–H and O–H groups in total. The molecule has 5 nitrogen and oxygen atoms in total. The molecule has 2 heterocycles. The van der Waals surface area contributed by atoms with Gasteiger partial charge >= 0.3 is 6.03 Å². The number of anilines is 1. The average molecular weight is 290 g/mol. The SMILES string of the molecule is CSc1ncc2c(n1)N(C)C(=O)N(C1CC3CC1C3)C2.